The van der Waals surface area contributed by atoms with Crippen LogP contribution in [0.5, 0.6) is 0 Å². The summed E-state index contributed by atoms with van der Waals surface area (Å²) < 4.78 is 15.1. The van der Waals surface area contributed by atoms with Crippen LogP contribution in [-0.4, -0.2) is 27.3 Å². The number of urea groups is 1. The Kier molecular flexibility index (Phi) is 4.85. The number of thiazole rings is 1. The largest absolute Gasteiger partial charge is 0.337 e. The van der Waals surface area contributed by atoms with E-state index in [4.69, 9.17) is 0 Å². The minimum Gasteiger partial charge on any atom is -0.337 e. The number of nitrogens with zero attached hydrogens (tertiary/aromatic N) is 3. The molecule has 3 aromatic rings. The van der Waals surface area contributed by atoms with Gasteiger partial charge in [0.2, 0.25) is 0 Å². The molecule has 0 radical (unpaired) electrons. The molecule has 2 heterocycles. The Labute approximate surface area is 142 Å². The van der Waals surface area contributed by atoms with Crippen LogP contribution in [-0.2, 0) is 0 Å². The van der Waals surface area contributed by atoms with Gasteiger partial charge in [-0.25, -0.2) is 18.9 Å². The Bertz CT molecular complexity index is 804. The molecular weight excluding hydrogens is 329 g/mol. The summed E-state index contributed by atoms with van der Waals surface area (Å²) in [6.07, 6.45) is 5.07. The predicted octanol–water partition coefficient (Wildman–Crippen LogP) is 3.39. The summed E-state index contributed by atoms with van der Waals surface area (Å²) in [5.41, 5.74) is 0.933. The van der Waals surface area contributed by atoms with Gasteiger partial charge in [0.05, 0.1) is 16.4 Å². The molecule has 2 aromatic heterocycles. The minimum atomic E-state index is -0.433. The van der Waals surface area contributed by atoms with E-state index < -0.39 is 11.8 Å². The van der Waals surface area contributed by atoms with Gasteiger partial charge in [0.15, 0.2) is 0 Å². The van der Waals surface area contributed by atoms with E-state index in [9.17, 15) is 9.18 Å². The summed E-state index contributed by atoms with van der Waals surface area (Å²) in [4.78, 5) is 16.4. The average molecular weight is 345 g/mol. The summed E-state index contributed by atoms with van der Waals surface area (Å²) >= 11 is 1.55. The lowest BCUT2D eigenvalue weighted by molar-refractivity contribution is 0.251. The Morgan fingerprint density at radius 3 is 3.00 bits per heavy atom. The zero-order chi connectivity index (χ0) is 16.9. The number of amides is 2. The third kappa shape index (κ3) is 3.77. The van der Waals surface area contributed by atoms with Crippen molar-refractivity contribution >= 4 is 23.1 Å². The van der Waals surface area contributed by atoms with Crippen LogP contribution in [0.25, 0.3) is 5.69 Å². The van der Waals surface area contributed by atoms with Gasteiger partial charge in [-0.05, 0) is 24.3 Å². The molecule has 2 amide bonds. The molecule has 124 valence electrons. The summed E-state index contributed by atoms with van der Waals surface area (Å²) in [6, 6.07) is 5.50. The van der Waals surface area contributed by atoms with Crippen LogP contribution in [0.3, 0.4) is 0 Å². The van der Waals surface area contributed by atoms with Gasteiger partial charge in [-0.2, -0.15) is 5.10 Å². The van der Waals surface area contributed by atoms with Crippen molar-refractivity contribution in [2.45, 2.75) is 12.8 Å². The van der Waals surface area contributed by atoms with Gasteiger partial charge in [0.1, 0.15) is 5.82 Å². The number of halogens is 1. The quantitative estimate of drug-likeness (QED) is 0.744. The predicted molar refractivity (Wildman–Crippen MR) is 91.1 cm³/mol. The van der Waals surface area contributed by atoms with Crippen molar-refractivity contribution in [2.75, 3.05) is 11.9 Å². The molecule has 8 heteroatoms. The highest BCUT2D eigenvalue weighted by Gasteiger charge is 2.13. The molecule has 1 unspecified atom stereocenters. The smallest absolute Gasteiger partial charge is 0.319 e. The lowest BCUT2D eigenvalue weighted by atomic mass is 10.2. The fourth-order valence-corrected chi connectivity index (χ4v) is 2.90. The Morgan fingerprint density at radius 2 is 2.29 bits per heavy atom. The number of hydrogen-bond donors (Lipinski definition) is 2. The molecule has 0 spiro atoms. The molecule has 3 rings (SSSR count). The number of anilines is 1. The Hall–Kier alpha value is -2.74. The van der Waals surface area contributed by atoms with Crippen molar-refractivity contribution < 1.29 is 9.18 Å². The van der Waals surface area contributed by atoms with Gasteiger partial charge in [-0.3, -0.25) is 0 Å². The van der Waals surface area contributed by atoms with Gasteiger partial charge in [0, 0.05) is 36.4 Å². The molecule has 0 bridgehead atoms. The zero-order valence-corrected chi connectivity index (χ0v) is 13.8. The lowest BCUT2D eigenvalue weighted by Crippen LogP contribution is -2.32. The number of nitrogens with one attached hydrogen (secondary N) is 2. The first-order chi connectivity index (χ1) is 11.6. The van der Waals surface area contributed by atoms with E-state index in [1.54, 1.807) is 46.7 Å². The molecule has 2 N–H and O–H groups in total. The van der Waals surface area contributed by atoms with E-state index in [0.29, 0.717) is 17.9 Å². The van der Waals surface area contributed by atoms with Crippen LogP contribution >= 0.6 is 11.3 Å². The highest BCUT2D eigenvalue weighted by molar-refractivity contribution is 7.09. The number of aromatic nitrogens is 3. The van der Waals surface area contributed by atoms with Gasteiger partial charge in [-0.15, -0.1) is 11.3 Å². The van der Waals surface area contributed by atoms with Crippen molar-refractivity contribution in [1.29, 1.82) is 0 Å². The maximum atomic E-state index is 13.5. The minimum absolute atomic E-state index is 0.105. The highest BCUT2D eigenvalue weighted by atomic mass is 32.1. The third-order valence-electron chi connectivity index (χ3n) is 3.40. The van der Waals surface area contributed by atoms with Gasteiger partial charge in [0.25, 0.3) is 0 Å². The SMILES string of the molecule is CC(CNC(=O)Nc1cc(F)ccc1-n1cccn1)c1nccs1. The van der Waals surface area contributed by atoms with E-state index in [2.05, 4.69) is 20.7 Å². The summed E-state index contributed by atoms with van der Waals surface area (Å²) in [5, 5.41) is 12.4. The molecule has 0 aliphatic heterocycles. The Morgan fingerprint density at radius 1 is 1.42 bits per heavy atom. The van der Waals surface area contributed by atoms with Crippen molar-refractivity contribution in [1.82, 2.24) is 20.1 Å². The second kappa shape index (κ2) is 7.22. The van der Waals surface area contributed by atoms with Crippen molar-refractivity contribution in [2.24, 2.45) is 0 Å². The maximum Gasteiger partial charge on any atom is 0.319 e. The highest BCUT2D eigenvalue weighted by Crippen LogP contribution is 2.21. The first kappa shape index (κ1) is 16.1. The van der Waals surface area contributed by atoms with Crippen molar-refractivity contribution in [3.8, 4) is 5.69 Å². The molecular formula is C16H16FN5OS. The first-order valence-corrected chi connectivity index (χ1v) is 8.25. The van der Waals surface area contributed by atoms with Crippen molar-refractivity contribution in [3.05, 3.63) is 59.1 Å². The molecule has 1 atom stereocenters. The van der Waals surface area contributed by atoms with Gasteiger partial charge < -0.3 is 10.6 Å². The average Bonchev–Trinajstić information content (AvgIpc) is 3.26. The molecule has 0 saturated carbocycles. The van der Waals surface area contributed by atoms with Crippen LogP contribution in [0, 0.1) is 5.82 Å². The number of rotatable bonds is 5. The normalized spacial score (nSPS) is 11.9. The number of carbonyl (C=O) groups is 1. The standard InChI is InChI=1S/C16H16FN5OS/c1-11(15-18-6-8-24-15)10-19-16(23)21-13-9-12(17)3-4-14(13)22-7-2-5-20-22/h2-9,11H,10H2,1H3,(H2,19,21,23). The fraction of sp³-hybridized carbons (Fsp3) is 0.188. The van der Waals surface area contributed by atoms with E-state index in [0.717, 1.165) is 5.01 Å². The van der Waals surface area contributed by atoms with Crippen LogP contribution in [0.2, 0.25) is 0 Å². The lowest BCUT2D eigenvalue weighted by Gasteiger charge is -2.14. The molecule has 1 aromatic carbocycles. The number of carbonyl (C=O) groups excluding carboxylic acids is 1. The fourth-order valence-electron chi connectivity index (χ4n) is 2.20. The number of hydrogen-bond acceptors (Lipinski definition) is 4. The maximum absolute atomic E-state index is 13.5. The summed E-state index contributed by atoms with van der Waals surface area (Å²) in [7, 11) is 0. The van der Waals surface area contributed by atoms with E-state index in [1.165, 1.54) is 12.1 Å². The van der Waals surface area contributed by atoms with Crippen LogP contribution in [0.15, 0.2) is 48.2 Å². The Balaban J connectivity index is 1.67. The zero-order valence-electron chi connectivity index (χ0n) is 12.9. The number of benzene rings is 1. The van der Waals surface area contributed by atoms with E-state index in [1.807, 2.05) is 12.3 Å². The molecule has 0 saturated heterocycles. The molecule has 6 nitrogen and oxygen atoms in total. The topological polar surface area (TPSA) is 71.8 Å². The monoisotopic (exact) mass is 345 g/mol. The second-order valence-corrected chi connectivity index (χ2v) is 6.14. The first-order valence-electron chi connectivity index (χ1n) is 7.37. The molecule has 0 aliphatic carbocycles. The van der Waals surface area contributed by atoms with Crippen LogP contribution < -0.4 is 10.6 Å². The second-order valence-electron chi connectivity index (χ2n) is 5.22. The van der Waals surface area contributed by atoms with Crippen molar-refractivity contribution in [3.63, 3.8) is 0 Å². The summed E-state index contributed by atoms with van der Waals surface area (Å²) in [6.45, 7) is 2.42. The molecule has 0 aliphatic rings. The summed E-state index contributed by atoms with van der Waals surface area (Å²) in [5.74, 6) is -0.328. The van der Waals surface area contributed by atoms with Gasteiger partial charge >= 0.3 is 6.03 Å². The van der Waals surface area contributed by atoms with E-state index >= 15 is 0 Å². The van der Waals surface area contributed by atoms with Crippen LogP contribution in [0.1, 0.15) is 17.8 Å². The van der Waals surface area contributed by atoms with Crippen LogP contribution in [0.4, 0.5) is 14.9 Å². The van der Waals surface area contributed by atoms with E-state index in [-0.39, 0.29) is 5.92 Å². The third-order valence-corrected chi connectivity index (χ3v) is 4.41. The molecule has 24 heavy (non-hydrogen) atoms. The molecule has 0 fully saturated rings. The van der Waals surface area contributed by atoms with Gasteiger partial charge in [-0.1, -0.05) is 6.92 Å².